The smallest absolute Gasteiger partial charge is 0.221 e. The molecule has 0 aliphatic rings. The van der Waals surface area contributed by atoms with Crippen molar-refractivity contribution < 1.29 is 9.53 Å². The quantitative estimate of drug-likeness (QED) is 0.613. The molecule has 0 radical (unpaired) electrons. The van der Waals surface area contributed by atoms with E-state index in [9.17, 15) is 4.79 Å². The number of benzene rings is 2. The lowest BCUT2D eigenvalue weighted by Crippen LogP contribution is -2.18. The van der Waals surface area contributed by atoms with Crippen LogP contribution in [0.2, 0.25) is 0 Å². The largest absolute Gasteiger partial charge is 0.457 e. The predicted octanol–water partition coefficient (Wildman–Crippen LogP) is 4.76. The Balaban J connectivity index is 1.77. The van der Waals surface area contributed by atoms with E-state index in [-0.39, 0.29) is 5.91 Å². The maximum absolute atomic E-state index is 11.0. The molecule has 0 fully saturated rings. The standard InChI is InChI=1S/C21H28N2O2/c1-3-4-5-15-22-16-14-18-6-10-20(11-7-18)25-21-12-8-19(9-13-21)23-17(2)24/h6-13,22H,3-5,14-16H2,1-2H3,(H,23,24). The molecule has 2 aromatic rings. The molecule has 2 rings (SSSR count). The lowest BCUT2D eigenvalue weighted by atomic mass is 10.1. The van der Waals surface area contributed by atoms with Crippen molar-refractivity contribution in [1.29, 1.82) is 0 Å². The van der Waals surface area contributed by atoms with Gasteiger partial charge in [-0.2, -0.15) is 0 Å². The van der Waals surface area contributed by atoms with Gasteiger partial charge in [0.05, 0.1) is 0 Å². The third-order valence-electron chi connectivity index (χ3n) is 3.88. The van der Waals surface area contributed by atoms with Crippen LogP contribution in [0, 0.1) is 0 Å². The Bertz CT molecular complexity index is 636. The molecule has 134 valence electrons. The fraction of sp³-hybridized carbons (Fsp3) is 0.381. The minimum Gasteiger partial charge on any atom is -0.457 e. The highest BCUT2D eigenvalue weighted by Crippen LogP contribution is 2.23. The minimum atomic E-state index is -0.0795. The summed E-state index contributed by atoms with van der Waals surface area (Å²) in [5, 5.41) is 6.22. The van der Waals surface area contributed by atoms with E-state index in [0.717, 1.165) is 36.7 Å². The Morgan fingerprint density at radius 3 is 2.16 bits per heavy atom. The van der Waals surface area contributed by atoms with Crippen molar-refractivity contribution in [2.45, 2.75) is 39.5 Å². The Kier molecular flexibility index (Phi) is 7.99. The summed E-state index contributed by atoms with van der Waals surface area (Å²) in [6.07, 6.45) is 4.84. The highest BCUT2D eigenvalue weighted by molar-refractivity contribution is 5.88. The molecule has 4 heteroatoms. The molecule has 0 atom stereocenters. The van der Waals surface area contributed by atoms with Gasteiger partial charge in [0.1, 0.15) is 11.5 Å². The van der Waals surface area contributed by atoms with Crippen LogP contribution in [0.4, 0.5) is 5.69 Å². The maximum atomic E-state index is 11.0. The average molecular weight is 340 g/mol. The van der Waals surface area contributed by atoms with E-state index in [1.807, 2.05) is 36.4 Å². The third-order valence-corrected chi connectivity index (χ3v) is 3.88. The van der Waals surface area contributed by atoms with Crippen LogP contribution in [0.3, 0.4) is 0 Å². The summed E-state index contributed by atoms with van der Waals surface area (Å²) in [4.78, 5) is 11.0. The lowest BCUT2D eigenvalue weighted by molar-refractivity contribution is -0.114. The van der Waals surface area contributed by atoms with E-state index < -0.39 is 0 Å². The van der Waals surface area contributed by atoms with Crippen molar-refractivity contribution >= 4 is 11.6 Å². The number of hydrogen-bond acceptors (Lipinski definition) is 3. The number of carbonyl (C=O) groups excluding carboxylic acids is 1. The lowest BCUT2D eigenvalue weighted by Gasteiger charge is -2.09. The number of rotatable bonds is 10. The molecule has 2 N–H and O–H groups in total. The second-order valence-corrected chi connectivity index (χ2v) is 6.16. The summed E-state index contributed by atoms with van der Waals surface area (Å²) < 4.78 is 5.83. The summed E-state index contributed by atoms with van der Waals surface area (Å²) in [5.41, 5.74) is 2.07. The molecule has 0 spiro atoms. The molecule has 0 heterocycles. The summed E-state index contributed by atoms with van der Waals surface area (Å²) in [7, 11) is 0. The van der Waals surface area contributed by atoms with Gasteiger partial charge in [-0.05, 0) is 67.9 Å². The third kappa shape index (κ3) is 7.40. The van der Waals surface area contributed by atoms with Crippen molar-refractivity contribution in [2.24, 2.45) is 0 Å². The Hall–Kier alpha value is -2.33. The van der Waals surface area contributed by atoms with Crippen molar-refractivity contribution in [3.05, 3.63) is 54.1 Å². The van der Waals surface area contributed by atoms with Crippen LogP contribution in [0.25, 0.3) is 0 Å². The number of nitrogens with one attached hydrogen (secondary N) is 2. The molecular formula is C21H28N2O2. The maximum Gasteiger partial charge on any atom is 0.221 e. The first-order chi connectivity index (χ1) is 12.2. The van der Waals surface area contributed by atoms with Crippen molar-refractivity contribution in [3.63, 3.8) is 0 Å². The summed E-state index contributed by atoms with van der Waals surface area (Å²) >= 11 is 0. The fourth-order valence-electron chi connectivity index (χ4n) is 2.53. The highest BCUT2D eigenvalue weighted by Gasteiger charge is 2.00. The molecule has 0 aromatic heterocycles. The Morgan fingerprint density at radius 2 is 1.56 bits per heavy atom. The second kappa shape index (κ2) is 10.5. The molecule has 0 saturated carbocycles. The summed E-state index contributed by atoms with van der Waals surface area (Å²) in [6.45, 7) is 5.83. The van der Waals surface area contributed by atoms with Crippen LogP contribution >= 0.6 is 0 Å². The van der Waals surface area contributed by atoms with Gasteiger partial charge in [0, 0.05) is 12.6 Å². The topological polar surface area (TPSA) is 50.4 Å². The van der Waals surface area contributed by atoms with E-state index >= 15 is 0 Å². The molecule has 0 unspecified atom stereocenters. The van der Waals surface area contributed by atoms with E-state index in [2.05, 4.69) is 29.7 Å². The number of hydrogen-bond donors (Lipinski definition) is 2. The number of ether oxygens (including phenoxy) is 1. The first-order valence-corrected chi connectivity index (χ1v) is 9.02. The molecule has 0 aliphatic carbocycles. The molecule has 1 amide bonds. The summed E-state index contributed by atoms with van der Waals surface area (Å²) in [5.74, 6) is 1.48. The number of carbonyl (C=O) groups is 1. The van der Waals surface area contributed by atoms with Gasteiger partial charge < -0.3 is 15.4 Å². The number of anilines is 1. The summed E-state index contributed by atoms with van der Waals surface area (Å²) in [6, 6.07) is 15.6. The van der Waals surface area contributed by atoms with Gasteiger partial charge >= 0.3 is 0 Å². The van der Waals surface area contributed by atoms with Crippen LogP contribution in [0.1, 0.15) is 38.7 Å². The van der Waals surface area contributed by atoms with E-state index in [1.165, 1.54) is 31.7 Å². The van der Waals surface area contributed by atoms with Gasteiger partial charge in [-0.1, -0.05) is 31.9 Å². The van der Waals surface area contributed by atoms with Crippen LogP contribution < -0.4 is 15.4 Å². The van der Waals surface area contributed by atoms with E-state index in [4.69, 9.17) is 4.74 Å². The van der Waals surface area contributed by atoms with E-state index in [0.29, 0.717) is 0 Å². The number of amides is 1. The molecular weight excluding hydrogens is 312 g/mol. The SMILES string of the molecule is CCCCCNCCc1ccc(Oc2ccc(NC(C)=O)cc2)cc1. The van der Waals surface area contributed by atoms with Crippen LogP contribution in [0.5, 0.6) is 11.5 Å². The van der Waals surface area contributed by atoms with Crippen LogP contribution in [-0.2, 0) is 11.2 Å². The van der Waals surface area contributed by atoms with Gasteiger partial charge in [-0.3, -0.25) is 4.79 Å². The molecule has 0 saturated heterocycles. The molecule has 0 aliphatic heterocycles. The van der Waals surface area contributed by atoms with Gasteiger partial charge in [-0.25, -0.2) is 0 Å². The fourth-order valence-corrected chi connectivity index (χ4v) is 2.53. The number of unbranched alkanes of at least 4 members (excludes halogenated alkanes) is 2. The first kappa shape index (κ1) is 19.0. The zero-order valence-corrected chi connectivity index (χ0v) is 15.2. The van der Waals surface area contributed by atoms with E-state index in [1.54, 1.807) is 0 Å². The average Bonchev–Trinajstić information content (AvgIpc) is 2.61. The second-order valence-electron chi connectivity index (χ2n) is 6.16. The van der Waals surface area contributed by atoms with Crippen LogP contribution in [0.15, 0.2) is 48.5 Å². The van der Waals surface area contributed by atoms with Crippen molar-refractivity contribution in [1.82, 2.24) is 5.32 Å². The molecule has 25 heavy (non-hydrogen) atoms. The molecule has 4 nitrogen and oxygen atoms in total. The monoisotopic (exact) mass is 340 g/mol. The Morgan fingerprint density at radius 1 is 0.920 bits per heavy atom. The van der Waals surface area contributed by atoms with Gasteiger partial charge in [0.15, 0.2) is 0 Å². The first-order valence-electron chi connectivity index (χ1n) is 9.02. The van der Waals surface area contributed by atoms with Crippen molar-refractivity contribution in [2.75, 3.05) is 18.4 Å². The minimum absolute atomic E-state index is 0.0795. The zero-order valence-electron chi connectivity index (χ0n) is 15.2. The predicted molar refractivity (Wildman–Crippen MR) is 103 cm³/mol. The molecule has 0 bridgehead atoms. The highest BCUT2D eigenvalue weighted by atomic mass is 16.5. The normalized spacial score (nSPS) is 10.5. The van der Waals surface area contributed by atoms with Gasteiger partial charge in [0.25, 0.3) is 0 Å². The molecule has 2 aromatic carbocycles. The van der Waals surface area contributed by atoms with Gasteiger partial charge in [0.2, 0.25) is 5.91 Å². The zero-order chi connectivity index (χ0) is 17.9. The van der Waals surface area contributed by atoms with Crippen molar-refractivity contribution in [3.8, 4) is 11.5 Å². The van der Waals surface area contributed by atoms with Gasteiger partial charge in [-0.15, -0.1) is 0 Å². The Labute approximate surface area is 150 Å². The van der Waals surface area contributed by atoms with Crippen LogP contribution in [-0.4, -0.2) is 19.0 Å².